The highest BCUT2D eigenvalue weighted by Crippen LogP contribution is 2.15. The Kier molecular flexibility index (Phi) is 4.79. The van der Waals surface area contributed by atoms with Crippen molar-refractivity contribution in [2.75, 3.05) is 12.5 Å². The van der Waals surface area contributed by atoms with Gasteiger partial charge in [0.2, 0.25) is 0 Å². The number of aldehydes is 1. The molecule has 1 rings (SSSR count). The van der Waals surface area contributed by atoms with Gasteiger partial charge >= 0.3 is 0 Å². The van der Waals surface area contributed by atoms with E-state index in [-0.39, 0.29) is 0 Å². The number of para-hydroxylation sites is 1. The van der Waals surface area contributed by atoms with E-state index in [9.17, 15) is 4.79 Å². The first-order valence-corrected chi connectivity index (χ1v) is 4.80. The van der Waals surface area contributed by atoms with Crippen LogP contribution >= 0.6 is 11.6 Å². The summed E-state index contributed by atoms with van der Waals surface area (Å²) in [5, 5.41) is 0. The minimum atomic E-state index is 0.428. The lowest BCUT2D eigenvalue weighted by molar-refractivity contribution is 0.112. The summed E-state index contributed by atoms with van der Waals surface area (Å²) in [6.45, 7) is 0.428. The second kappa shape index (κ2) is 6.22. The summed E-state index contributed by atoms with van der Waals surface area (Å²) < 4.78 is 5.35. The number of allylic oxidation sites excluding steroid dienone is 1. The third-order valence-electron chi connectivity index (χ3n) is 1.64. The number of hydrogen-bond acceptors (Lipinski definition) is 2. The third-order valence-corrected chi connectivity index (χ3v) is 1.81. The van der Waals surface area contributed by atoms with Gasteiger partial charge in [0.1, 0.15) is 12.4 Å². The Labute approximate surface area is 88.1 Å². The van der Waals surface area contributed by atoms with Crippen LogP contribution in [0.25, 0.3) is 0 Å². The van der Waals surface area contributed by atoms with E-state index >= 15 is 0 Å². The SMILES string of the molecule is O=Cc1ccccc1OC/C=C\CCl. The van der Waals surface area contributed by atoms with Crippen LogP contribution in [0.4, 0.5) is 0 Å². The van der Waals surface area contributed by atoms with Gasteiger partial charge in [-0.05, 0) is 12.1 Å². The number of hydrogen-bond donors (Lipinski definition) is 0. The van der Waals surface area contributed by atoms with E-state index in [0.717, 1.165) is 6.29 Å². The molecule has 0 amide bonds. The first kappa shape index (κ1) is 10.8. The lowest BCUT2D eigenvalue weighted by Crippen LogP contribution is -1.96. The summed E-state index contributed by atoms with van der Waals surface area (Å²) in [5.41, 5.74) is 0.562. The van der Waals surface area contributed by atoms with E-state index < -0.39 is 0 Å². The number of ether oxygens (including phenoxy) is 1. The molecule has 3 heteroatoms. The van der Waals surface area contributed by atoms with Crippen LogP contribution in [0.3, 0.4) is 0 Å². The minimum Gasteiger partial charge on any atom is -0.489 e. The van der Waals surface area contributed by atoms with E-state index in [1.165, 1.54) is 0 Å². The summed E-state index contributed by atoms with van der Waals surface area (Å²) >= 11 is 5.44. The minimum absolute atomic E-state index is 0.428. The molecule has 0 aliphatic carbocycles. The highest BCUT2D eigenvalue weighted by atomic mass is 35.5. The first-order chi connectivity index (χ1) is 6.88. The van der Waals surface area contributed by atoms with Crippen molar-refractivity contribution in [3.63, 3.8) is 0 Å². The largest absolute Gasteiger partial charge is 0.489 e. The van der Waals surface area contributed by atoms with Crippen molar-refractivity contribution in [1.82, 2.24) is 0 Å². The van der Waals surface area contributed by atoms with Gasteiger partial charge in [-0.15, -0.1) is 11.6 Å². The van der Waals surface area contributed by atoms with Crippen molar-refractivity contribution in [1.29, 1.82) is 0 Å². The normalized spacial score (nSPS) is 10.4. The topological polar surface area (TPSA) is 26.3 Å². The first-order valence-electron chi connectivity index (χ1n) is 4.26. The molecule has 1 aromatic rings. The molecule has 14 heavy (non-hydrogen) atoms. The van der Waals surface area contributed by atoms with E-state index in [4.69, 9.17) is 16.3 Å². The molecule has 0 aliphatic rings. The van der Waals surface area contributed by atoms with Crippen molar-refractivity contribution >= 4 is 17.9 Å². The van der Waals surface area contributed by atoms with Gasteiger partial charge in [-0.1, -0.05) is 24.3 Å². The Morgan fingerprint density at radius 3 is 2.79 bits per heavy atom. The van der Waals surface area contributed by atoms with Crippen molar-refractivity contribution in [2.24, 2.45) is 0 Å². The van der Waals surface area contributed by atoms with Gasteiger partial charge in [-0.2, -0.15) is 0 Å². The van der Waals surface area contributed by atoms with Gasteiger partial charge in [-0.3, -0.25) is 4.79 Å². The molecule has 0 aliphatic heterocycles. The highest BCUT2D eigenvalue weighted by Gasteiger charge is 1.98. The van der Waals surface area contributed by atoms with E-state index in [2.05, 4.69) is 0 Å². The van der Waals surface area contributed by atoms with Gasteiger partial charge < -0.3 is 4.74 Å². The molecule has 0 spiro atoms. The zero-order valence-electron chi connectivity index (χ0n) is 7.65. The Balaban J connectivity index is 2.57. The maximum absolute atomic E-state index is 10.6. The molecule has 0 N–H and O–H groups in total. The van der Waals surface area contributed by atoms with Crippen LogP contribution in [0.5, 0.6) is 5.75 Å². The Morgan fingerprint density at radius 1 is 1.29 bits per heavy atom. The number of benzene rings is 1. The molecule has 0 unspecified atom stereocenters. The van der Waals surface area contributed by atoms with Gasteiger partial charge in [0.05, 0.1) is 5.56 Å². The summed E-state index contributed by atoms with van der Waals surface area (Å²) in [7, 11) is 0. The fourth-order valence-corrected chi connectivity index (χ4v) is 1.10. The molecule has 1 aromatic carbocycles. The fourth-order valence-electron chi connectivity index (χ4n) is 0.978. The molecule has 0 atom stereocenters. The highest BCUT2D eigenvalue weighted by molar-refractivity contribution is 6.18. The molecular weight excluding hydrogens is 200 g/mol. The molecule has 0 heterocycles. The van der Waals surface area contributed by atoms with Crippen LogP contribution < -0.4 is 4.74 Å². The second-order valence-electron chi connectivity index (χ2n) is 2.59. The number of halogens is 1. The average molecular weight is 211 g/mol. The van der Waals surface area contributed by atoms with Gasteiger partial charge in [-0.25, -0.2) is 0 Å². The Hall–Kier alpha value is -1.28. The molecular formula is C11H11ClO2. The maximum Gasteiger partial charge on any atom is 0.153 e. The summed E-state index contributed by atoms with van der Waals surface area (Å²) in [6, 6.07) is 7.10. The lowest BCUT2D eigenvalue weighted by Gasteiger charge is -2.04. The molecule has 0 saturated heterocycles. The third kappa shape index (κ3) is 3.23. The zero-order chi connectivity index (χ0) is 10.2. The van der Waals surface area contributed by atoms with Crippen molar-refractivity contribution in [3.05, 3.63) is 42.0 Å². The van der Waals surface area contributed by atoms with Crippen LogP contribution in [-0.4, -0.2) is 18.8 Å². The van der Waals surface area contributed by atoms with Crippen LogP contribution in [0.1, 0.15) is 10.4 Å². The summed E-state index contributed by atoms with van der Waals surface area (Å²) in [6.07, 6.45) is 4.39. The van der Waals surface area contributed by atoms with Crippen molar-refractivity contribution < 1.29 is 9.53 Å². The molecule has 74 valence electrons. The quantitative estimate of drug-likeness (QED) is 0.424. The van der Waals surface area contributed by atoms with Crippen LogP contribution in [-0.2, 0) is 0 Å². The fraction of sp³-hybridized carbons (Fsp3) is 0.182. The Bertz CT molecular complexity index is 321. The summed E-state index contributed by atoms with van der Waals surface area (Å²) in [4.78, 5) is 10.6. The second-order valence-corrected chi connectivity index (χ2v) is 2.90. The molecule has 0 radical (unpaired) electrons. The van der Waals surface area contributed by atoms with Gasteiger partial charge in [0.15, 0.2) is 6.29 Å². The number of carbonyl (C=O) groups is 1. The van der Waals surface area contributed by atoms with Gasteiger partial charge in [0, 0.05) is 5.88 Å². The number of carbonyl (C=O) groups excluding carboxylic acids is 1. The van der Waals surface area contributed by atoms with Crippen molar-refractivity contribution in [3.8, 4) is 5.75 Å². The maximum atomic E-state index is 10.6. The standard InChI is InChI=1S/C11H11ClO2/c12-7-3-4-8-14-11-6-2-1-5-10(11)9-13/h1-6,9H,7-8H2/b4-3-. The smallest absolute Gasteiger partial charge is 0.153 e. The predicted octanol–water partition coefficient (Wildman–Crippen LogP) is 2.67. The van der Waals surface area contributed by atoms with Crippen LogP contribution in [0.2, 0.25) is 0 Å². The monoisotopic (exact) mass is 210 g/mol. The van der Waals surface area contributed by atoms with E-state index in [1.807, 2.05) is 12.1 Å². The molecule has 0 bridgehead atoms. The molecule has 2 nitrogen and oxygen atoms in total. The predicted molar refractivity (Wildman–Crippen MR) is 57.2 cm³/mol. The molecule has 0 saturated carbocycles. The lowest BCUT2D eigenvalue weighted by atomic mass is 10.2. The number of alkyl halides is 1. The average Bonchev–Trinajstić information content (AvgIpc) is 2.25. The van der Waals surface area contributed by atoms with E-state index in [1.54, 1.807) is 24.3 Å². The van der Waals surface area contributed by atoms with Gasteiger partial charge in [0.25, 0.3) is 0 Å². The van der Waals surface area contributed by atoms with Crippen molar-refractivity contribution in [2.45, 2.75) is 0 Å². The number of rotatable bonds is 5. The summed E-state index contributed by atoms with van der Waals surface area (Å²) in [5.74, 6) is 1.07. The molecule has 0 aromatic heterocycles. The van der Waals surface area contributed by atoms with Crippen LogP contribution in [0, 0.1) is 0 Å². The Morgan fingerprint density at radius 2 is 2.07 bits per heavy atom. The zero-order valence-corrected chi connectivity index (χ0v) is 8.41. The molecule has 0 fully saturated rings. The van der Waals surface area contributed by atoms with E-state index in [0.29, 0.717) is 23.8 Å². The van der Waals surface area contributed by atoms with Crippen LogP contribution in [0.15, 0.2) is 36.4 Å².